The maximum absolute atomic E-state index is 13.2. The summed E-state index contributed by atoms with van der Waals surface area (Å²) >= 11 is 5.99. The molecule has 0 saturated heterocycles. The fourth-order valence-electron chi connectivity index (χ4n) is 3.98. The fraction of sp³-hybridized carbons (Fsp3) is 0.483. The van der Waals surface area contributed by atoms with Gasteiger partial charge in [-0.05, 0) is 55.0 Å². The molecule has 7 nitrogen and oxygen atoms in total. The standard InChI is InChI=1S/C29H41ClN4O3/c1-4-5-11-24(31)27(35)33-26(19-22-12-14-23(30)15-13-22)29(37)34-28(36)25(18-20(2)3)32-17-16-21-9-7-6-8-10-21/h6-10,12-15,20,24-26,32H,4-5,11,16-19,31H2,1-3H3,(H,33,35)(H,34,36,37)/t24-,25-,26-/m0/s1. The fourth-order valence-corrected chi connectivity index (χ4v) is 4.11. The summed E-state index contributed by atoms with van der Waals surface area (Å²) in [7, 11) is 0. The Morgan fingerprint density at radius 2 is 1.54 bits per heavy atom. The Hall–Kier alpha value is -2.74. The third kappa shape index (κ3) is 11.5. The van der Waals surface area contributed by atoms with Crippen LogP contribution in [-0.4, -0.2) is 42.4 Å². The number of rotatable bonds is 15. The molecule has 0 fully saturated rings. The van der Waals surface area contributed by atoms with Crippen molar-refractivity contribution in [1.29, 1.82) is 0 Å². The summed E-state index contributed by atoms with van der Waals surface area (Å²) in [5.74, 6) is -1.13. The van der Waals surface area contributed by atoms with Crippen LogP contribution in [0.2, 0.25) is 5.02 Å². The van der Waals surface area contributed by atoms with Crippen molar-refractivity contribution in [1.82, 2.24) is 16.0 Å². The summed E-state index contributed by atoms with van der Waals surface area (Å²) in [4.78, 5) is 39.1. The summed E-state index contributed by atoms with van der Waals surface area (Å²) in [5.41, 5.74) is 8.01. The lowest BCUT2D eigenvalue weighted by atomic mass is 10.0. The Kier molecular flexibility index (Phi) is 13.3. The van der Waals surface area contributed by atoms with E-state index in [0.29, 0.717) is 24.4 Å². The van der Waals surface area contributed by atoms with E-state index < -0.39 is 35.8 Å². The third-order valence-corrected chi connectivity index (χ3v) is 6.36. The lowest BCUT2D eigenvalue weighted by Crippen LogP contribution is -2.56. The van der Waals surface area contributed by atoms with Crippen LogP contribution in [0, 0.1) is 5.92 Å². The van der Waals surface area contributed by atoms with E-state index in [1.807, 2.05) is 51.1 Å². The number of carbonyl (C=O) groups excluding carboxylic acids is 3. The number of unbranched alkanes of at least 4 members (excludes halogenated alkanes) is 1. The van der Waals surface area contributed by atoms with E-state index in [9.17, 15) is 14.4 Å². The first-order valence-corrected chi connectivity index (χ1v) is 13.5. The highest BCUT2D eigenvalue weighted by Crippen LogP contribution is 2.12. The van der Waals surface area contributed by atoms with Crippen molar-refractivity contribution < 1.29 is 14.4 Å². The smallest absolute Gasteiger partial charge is 0.249 e. The lowest BCUT2D eigenvalue weighted by molar-refractivity contribution is -0.135. The molecule has 0 unspecified atom stereocenters. The van der Waals surface area contributed by atoms with Crippen molar-refractivity contribution in [3.05, 3.63) is 70.7 Å². The topological polar surface area (TPSA) is 113 Å². The van der Waals surface area contributed by atoms with Crippen LogP contribution in [0.5, 0.6) is 0 Å². The van der Waals surface area contributed by atoms with Gasteiger partial charge in [0.05, 0.1) is 12.1 Å². The average molecular weight is 529 g/mol. The van der Waals surface area contributed by atoms with E-state index >= 15 is 0 Å². The highest BCUT2D eigenvalue weighted by molar-refractivity contribution is 6.30. The normalized spacial score (nSPS) is 13.6. The molecule has 0 spiro atoms. The van der Waals surface area contributed by atoms with Crippen molar-refractivity contribution >= 4 is 29.3 Å². The van der Waals surface area contributed by atoms with Gasteiger partial charge in [-0.25, -0.2) is 0 Å². The molecule has 0 aliphatic rings. The second-order valence-electron chi connectivity index (χ2n) is 9.87. The predicted octanol–water partition coefficient (Wildman–Crippen LogP) is 3.77. The molecule has 0 bridgehead atoms. The van der Waals surface area contributed by atoms with E-state index in [2.05, 4.69) is 16.0 Å². The molecule has 0 aromatic heterocycles. The summed E-state index contributed by atoms with van der Waals surface area (Å²) in [6.07, 6.45) is 3.80. The summed E-state index contributed by atoms with van der Waals surface area (Å²) in [5, 5.41) is 9.16. The Balaban J connectivity index is 2.08. The van der Waals surface area contributed by atoms with Gasteiger partial charge >= 0.3 is 0 Å². The molecule has 37 heavy (non-hydrogen) atoms. The van der Waals surface area contributed by atoms with E-state index in [-0.39, 0.29) is 12.3 Å². The van der Waals surface area contributed by atoms with E-state index in [1.165, 1.54) is 5.56 Å². The molecular weight excluding hydrogens is 488 g/mol. The first kappa shape index (κ1) is 30.5. The molecule has 8 heteroatoms. The molecule has 0 aliphatic heterocycles. The number of imide groups is 1. The average Bonchev–Trinajstić information content (AvgIpc) is 2.87. The van der Waals surface area contributed by atoms with Gasteiger partial charge in [0, 0.05) is 11.4 Å². The van der Waals surface area contributed by atoms with Crippen LogP contribution in [-0.2, 0) is 27.2 Å². The monoisotopic (exact) mass is 528 g/mol. The Morgan fingerprint density at radius 3 is 2.16 bits per heavy atom. The maximum atomic E-state index is 13.2. The molecular formula is C29H41ClN4O3. The number of hydrogen-bond acceptors (Lipinski definition) is 5. The van der Waals surface area contributed by atoms with Crippen molar-refractivity contribution in [2.45, 2.75) is 77.4 Å². The number of amides is 3. The highest BCUT2D eigenvalue weighted by Gasteiger charge is 2.28. The summed E-state index contributed by atoms with van der Waals surface area (Å²) in [6, 6.07) is 14.8. The van der Waals surface area contributed by atoms with Crippen LogP contribution in [0.1, 0.15) is 57.6 Å². The molecule has 2 aromatic carbocycles. The molecule has 3 amide bonds. The van der Waals surface area contributed by atoms with Crippen LogP contribution in [0.15, 0.2) is 54.6 Å². The number of carbonyl (C=O) groups is 3. The van der Waals surface area contributed by atoms with Gasteiger partial charge in [-0.15, -0.1) is 0 Å². The predicted molar refractivity (Wildman–Crippen MR) is 149 cm³/mol. The van der Waals surface area contributed by atoms with Gasteiger partial charge in [0.1, 0.15) is 6.04 Å². The highest BCUT2D eigenvalue weighted by atomic mass is 35.5. The zero-order valence-electron chi connectivity index (χ0n) is 22.1. The second kappa shape index (κ2) is 16.2. The molecule has 0 radical (unpaired) electrons. The van der Waals surface area contributed by atoms with E-state index in [4.69, 9.17) is 17.3 Å². The minimum atomic E-state index is -0.950. The van der Waals surface area contributed by atoms with Gasteiger partial charge in [0.2, 0.25) is 17.7 Å². The van der Waals surface area contributed by atoms with Gasteiger partial charge in [0.25, 0.3) is 0 Å². The molecule has 0 aliphatic carbocycles. The molecule has 2 rings (SSSR count). The van der Waals surface area contributed by atoms with Crippen LogP contribution in [0.25, 0.3) is 0 Å². The lowest BCUT2D eigenvalue weighted by Gasteiger charge is -2.23. The molecule has 2 aromatic rings. The molecule has 3 atom stereocenters. The number of halogens is 1. The molecule has 0 heterocycles. The SMILES string of the molecule is CCCC[C@H](N)C(=O)N[C@@H](Cc1ccc(Cl)cc1)C(=O)NC(=O)[C@H](CC(C)C)NCCc1ccccc1. The third-order valence-electron chi connectivity index (χ3n) is 6.11. The number of benzene rings is 2. The Labute approximate surface area is 225 Å². The maximum Gasteiger partial charge on any atom is 0.249 e. The van der Waals surface area contributed by atoms with Gasteiger partial charge < -0.3 is 16.4 Å². The van der Waals surface area contributed by atoms with Crippen LogP contribution in [0.3, 0.4) is 0 Å². The van der Waals surface area contributed by atoms with Crippen molar-refractivity contribution in [3.63, 3.8) is 0 Å². The minimum Gasteiger partial charge on any atom is -0.343 e. The van der Waals surface area contributed by atoms with E-state index in [1.54, 1.807) is 24.3 Å². The first-order chi connectivity index (χ1) is 17.7. The number of nitrogens with one attached hydrogen (secondary N) is 3. The first-order valence-electron chi connectivity index (χ1n) is 13.1. The van der Waals surface area contributed by atoms with Gasteiger partial charge in [-0.3, -0.25) is 19.7 Å². The van der Waals surface area contributed by atoms with Crippen molar-refractivity contribution in [2.75, 3.05) is 6.54 Å². The number of hydrogen-bond donors (Lipinski definition) is 4. The quantitative estimate of drug-likeness (QED) is 0.281. The summed E-state index contributed by atoms with van der Waals surface area (Å²) in [6.45, 7) is 6.68. The Bertz CT molecular complexity index is 982. The minimum absolute atomic E-state index is 0.207. The molecule has 5 N–H and O–H groups in total. The van der Waals surface area contributed by atoms with Crippen LogP contribution < -0.4 is 21.7 Å². The van der Waals surface area contributed by atoms with Crippen molar-refractivity contribution in [3.8, 4) is 0 Å². The largest absolute Gasteiger partial charge is 0.343 e. The van der Waals surface area contributed by atoms with Crippen LogP contribution >= 0.6 is 11.6 Å². The van der Waals surface area contributed by atoms with Gasteiger partial charge in [-0.2, -0.15) is 0 Å². The van der Waals surface area contributed by atoms with Crippen LogP contribution in [0.4, 0.5) is 0 Å². The second-order valence-corrected chi connectivity index (χ2v) is 10.3. The molecule has 202 valence electrons. The Morgan fingerprint density at radius 1 is 0.892 bits per heavy atom. The zero-order valence-corrected chi connectivity index (χ0v) is 22.9. The van der Waals surface area contributed by atoms with Gasteiger partial charge in [-0.1, -0.05) is 87.7 Å². The molecule has 0 saturated carbocycles. The van der Waals surface area contributed by atoms with E-state index in [0.717, 1.165) is 24.8 Å². The number of nitrogens with two attached hydrogens (primary N) is 1. The zero-order chi connectivity index (χ0) is 27.2. The summed E-state index contributed by atoms with van der Waals surface area (Å²) < 4.78 is 0. The van der Waals surface area contributed by atoms with Crippen molar-refractivity contribution in [2.24, 2.45) is 11.7 Å². The van der Waals surface area contributed by atoms with Gasteiger partial charge in [0.15, 0.2) is 0 Å².